The van der Waals surface area contributed by atoms with E-state index in [1.54, 1.807) is 71.9 Å². The van der Waals surface area contributed by atoms with Crippen molar-refractivity contribution in [3.63, 3.8) is 0 Å². The summed E-state index contributed by atoms with van der Waals surface area (Å²) in [5, 5.41) is 2.46. The van der Waals surface area contributed by atoms with E-state index in [2.05, 4.69) is 5.32 Å². The standard InChI is InChI=1S/C31H38ClFN2O7/c1-30(2,3)41-28(38)24(34-29(39)42-31(4,5)6)17-18-35(19-20-11-13-22(14-12-20)27(37)40-7)25(36)16-15-21-9-8-10-23(32)26(21)33/h8-16,24H,17-19H2,1-7H3,(H,34,39)/b16-15+/t24-/m0/s1. The number of nitrogens with one attached hydrogen (secondary N) is 1. The molecule has 2 amide bonds. The van der Waals surface area contributed by atoms with Gasteiger partial charge in [0.25, 0.3) is 0 Å². The zero-order chi connectivity index (χ0) is 31.7. The quantitative estimate of drug-likeness (QED) is 0.203. The minimum Gasteiger partial charge on any atom is -0.465 e. The highest BCUT2D eigenvalue weighted by atomic mass is 35.5. The number of carbonyl (C=O) groups is 4. The van der Waals surface area contributed by atoms with Crippen LogP contribution in [-0.2, 0) is 30.3 Å². The number of hydrogen-bond donors (Lipinski definition) is 1. The van der Waals surface area contributed by atoms with Gasteiger partial charge < -0.3 is 24.4 Å². The summed E-state index contributed by atoms with van der Waals surface area (Å²) >= 11 is 5.86. The highest BCUT2D eigenvalue weighted by molar-refractivity contribution is 6.30. The van der Waals surface area contributed by atoms with E-state index in [0.717, 1.165) is 0 Å². The van der Waals surface area contributed by atoms with E-state index in [1.807, 2.05) is 0 Å². The number of esters is 2. The van der Waals surface area contributed by atoms with Gasteiger partial charge in [0.1, 0.15) is 23.1 Å². The maximum atomic E-state index is 14.4. The van der Waals surface area contributed by atoms with Gasteiger partial charge in [0.05, 0.1) is 17.7 Å². The SMILES string of the molecule is COC(=O)c1ccc(CN(CC[C@H](NC(=O)OC(C)(C)C)C(=O)OC(C)(C)C)C(=O)/C=C/c2cccc(Cl)c2F)cc1. The normalized spacial score (nSPS) is 12.4. The van der Waals surface area contributed by atoms with E-state index in [0.29, 0.717) is 11.1 Å². The first-order chi connectivity index (χ1) is 19.5. The Morgan fingerprint density at radius 2 is 1.60 bits per heavy atom. The fraction of sp³-hybridized carbons (Fsp3) is 0.419. The van der Waals surface area contributed by atoms with E-state index in [-0.39, 0.29) is 30.1 Å². The van der Waals surface area contributed by atoms with Crippen LogP contribution in [0.2, 0.25) is 5.02 Å². The summed E-state index contributed by atoms with van der Waals surface area (Å²) in [6.45, 7) is 10.2. The molecule has 228 valence electrons. The zero-order valence-corrected chi connectivity index (χ0v) is 25.7. The summed E-state index contributed by atoms with van der Waals surface area (Å²) in [5.74, 6) is -2.36. The van der Waals surface area contributed by atoms with Gasteiger partial charge >= 0.3 is 18.0 Å². The van der Waals surface area contributed by atoms with Gasteiger partial charge in [-0.3, -0.25) is 4.79 Å². The number of carbonyl (C=O) groups excluding carboxylic acids is 4. The first kappa shape index (κ1) is 34.3. The molecule has 1 N–H and O–H groups in total. The summed E-state index contributed by atoms with van der Waals surface area (Å²) in [5.41, 5.74) is -0.502. The van der Waals surface area contributed by atoms with Crippen LogP contribution in [0.25, 0.3) is 6.08 Å². The van der Waals surface area contributed by atoms with Crippen molar-refractivity contribution in [3.8, 4) is 0 Å². The molecule has 0 radical (unpaired) electrons. The first-order valence-corrected chi connectivity index (χ1v) is 13.7. The van der Waals surface area contributed by atoms with Crippen LogP contribution < -0.4 is 5.32 Å². The predicted molar refractivity (Wildman–Crippen MR) is 157 cm³/mol. The minimum absolute atomic E-state index is 0.000336. The molecule has 0 saturated heterocycles. The number of benzene rings is 2. The Balaban J connectivity index is 2.34. The highest BCUT2D eigenvalue weighted by Gasteiger charge is 2.29. The van der Waals surface area contributed by atoms with E-state index in [1.165, 1.54) is 36.3 Å². The topological polar surface area (TPSA) is 111 Å². The van der Waals surface area contributed by atoms with Crippen molar-refractivity contribution in [2.45, 2.75) is 71.8 Å². The van der Waals surface area contributed by atoms with E-state index < -0.39 is 47.0 Å². The lowest BCUT2D eigenvalue weighted by atomic mass is 10.1. The second kappa shape index (κ2) is 14.8. The van der Waals surface area contributed by atoms with Gasteiger partial charge in [-0.25, -0.2) is 18.8 Å². The third-order valence-corrected chi connectivity index (χ3v) is 5.81. The molecule has 2 aromatic carbocycles. The van der Waals surface area contributed by atoms with Crippen molar-refractivity contribution in [3.05, 3.63) is 76.1 Å². The fourth-order valence-electron chi connectivity index (χ4n) is 3.62. The maximum Gasteiger partial charge on any atom is 0.408 e. The number of methoxy groups -OCH3 is 1. The van der Waals surface area contributed by atoms with Crippen molar-refractivity contribution in [1.29, 1.82) is 0 Å². The summed E-state index contributed by atoms with van der Waals surface area (Å²) in [6.07, 6.45) is 1.67. The van der Waals surface area contributed by atoms with Crippen molar-refractivity contribution in [2.75, 3.05) is 13.7 Å². The van der Waals surface area contributed by atoms with Crippen molar-refractivity contribution in [1.82, 2.24) is 10.2 Å². The lowest BCUT2D eigenvalue weighted by Gasteiger charge is -2.28. The first-order valence-electron chi connectivity index (χ1n) is 13.3. The van der Waals surface area contributed by atoms with Crippen LogP contribution >= 0.6 is 11.6 Å². The van der Waals surface area contributed by atoms with Gasteiger partial charge in [-0.05, 0) is 77.8 Å². The third kappa shape index (κ3) is 11.5. The van der Waals surface area contributed by atoms with E-state index in [9.17, 15) is 23.6 Å². The van der Waals surface area contributed by atoms with Gasteiger partial charge in [-0.15, -0.1) is 0 Å². The second-order valence-electron chi connectivity index (χ2n) is 11.4. The van der Waals surface area contributed by atoms with Crippen LogP contribution in [0.5, 0.6) is 0 Å². The Morgan fingerprint density at radius 1 is 0.976 bits per heavy atom. The molecule has 0 bridgehead atoms. The number of halogens is 2. The van der Waals surface area contributed by atoms with Crippen LogP contribution in [0.1, 0.15) is 69.4 Å². The van der Waals surface area contributed by atoms with Gasteiger partial charge in [0.2, 0.25) is 5.91 Å². The molecule has 0 unspecified atom stereocenters. The molecule has 2 aromatic rings. The molecule has 9 nitrogen and oxygen atoms in total. The van der Waals surface area contributed by atoms with Crippen LogP contribution in [0.4, 0.5) is 9.18 Å². The van der Waals surface area contributed by atoms with Crippen molar-refractivity contribution < 1.29 is 37.8 Å². The average molecular weight is 605 g/mol. The average Bonchev–Trinajstić information content (AvgIpc) is 2.88. The molecule has 0 aliphatic carbocycles. The van der Waals surface area contributed by atoms with Crippen molar-refractivity contribution >= 4 is 41.6 Å². The van der Waals surface area contributed by atoms with Crippen LogP contribution in [0.3, 0.4) is 0 Å². The number of ether oxygens (including phenoxy) is 3. The number of rotatable bonds is 10. The minimum atomic E-state index is -1.13. The monoisotopic (exact) mass is 604 g/mol. The van der Waals surface area contributed by atoms with Gasteiger partial charge in [0.15, 0.2) is 0 Å². The van der Waals surface area contributed by atoms with Crippen LogP contribution in [0.15, 0.2) is 48.5 Å². The molecule has 11 heteroatoms. The molecule has 0 spiro atoms. The number of nitrogens with zero attached hydrogens (tertiary/aromatic N) is 1. The lowest BCUT2D eigenvalue weighted by molar-refractivity contribution is -0.158. The predicted octanol–water partition coefficient (Wildman–Crippen LogP) is 5.93. The molecule has 42 heavy (non-hydrogen) atoms. The Bertz CT molecular complexity index is 1300. The lowest BCUT2D eigenvalue weighted by Crippen LogP contribution is -2.47. The molecule has 0 aromatic heterocycles. The summed E-state index contributed by atoms with van der Waals surface area (Å²) in [4.78, 5) is 52.1. The largest absolute Gasteiger partial charge is 0.465 e. The van der Waals surface area contributed by atoms with Gasteiger partial charge in [-0.2, -0.15) is 0 Å². The molecular formula is C31H38ClFN2O7. The Kier molecular flexibility index (Phi) is 12.1. The smallest absolute Gasteiger partial charge is 0.408 e. The van der Waals surface area contributed by atoms with Gasteiger partial charge in [-0.1, -0.05) is 35.9 Å². The highest BCUT2D eigenvalue weighted by Crippen LogP contribution is 2.20. The molecule has 0 heterocycles. The molecule has 0 aliphatic rings. The Hall–Kier alpha value is -3.92. The van der Waals surface area contributed by atoms with Crippen molar-refractivity contribution in [2.24, 2.45) is 0 Å². The Morgan fingerprint density at radius 3 is 2.17 bits per heavy atom. The fourth-order valence-corrected chi connectivity index (χ4v) is 3.81. The summed E-state index contributed by atoms with van der Waals surface area (Å²) in [7, 11) is 1.28. The number of alkyl carbamates (subject to hydrolysis) is 1. The third-order valence-electron chi connectivity index (χ3n) is 5.52. The number of amides is 2. The molecule has 1 atom stereocenters. The number of hydrogen-bond acceptors (Lipinski definition) is 7. The Labute approximate surface area is 250 Å². The van der Waals surface area contributed by atoms with Crippen LogP contribution in [-0.4, -0.2) is 59.7 Å². The molecular weight excluding hydrogens is 567 g/mol. The second-order valence-corrected chi connectivity index (χ2v) is 11.9. The van der Waals surface area contributed by atoms with Crippen LogP contribution in [0, 0.1) is 5.82 Å². The summed E-state index contributed by atoms with van der Waals surface area (Å²) in [6, 6.07) is 9.76. The maximum absolute atomic E-state index is 14.4. The molecule has 0 aliphatic heterocycles. The molecule has 2 rings (SSSR count). The summed E-state index contributed by atoms with van der Waals surface area (Å²) < 4.78 is 29.9. The van der Waals surface area contributed by atoms with E-state index in [4.69, 9.17) is 25.8 Å². The zero-order valence-electron chi connectivity index (χ0n) is 25.0. The molecule has 0 fully saturated rings. The molecule has 0 saturated carbocycles. The van der Waals surface area contributed by atoms with E-state index >= 15 is 0 Å². The van der Waals surface area contributed by atoms with Gasteiger partial charge in [0, 0.05) is 24.7 Å².